The first-order valence-electron chi connectivity index (χ1n) is 5.16. The summed E-state index contributed by atoms with van der Waals surface area (Å²) in [6, 6.07) is 12.0. The minimum Gasteiger partial charge on any atom is -0.0991 e. The van der Waals surface area contributed by atoms with Gasteiger partial charge in [0.25, 0.3) is 0 Å². The van der Waals surface area contributed by atoms with E-state index in [9.17, 15) is 0 Å². The van der Waals surface area contributed by atoms with Crippen LogP contribution < -0.4 is 0 Å². The summed E-state index contributed by atoms with van der Waals surface area (Å²) in [5.41, 5.74) is 1.15. The quantitative estimate of drug-likeness (QED) is 0.624. The zero-order chi connectivity index (χ0) is 11.5. The Morgan fingerprint density at radius 3 is 1.67 bits per heavy atom. The average molecular weight is 200 g/mol. The summed E-state index contributed by atoms with van der Waals surface area (Å²) in [5, 5.41) is 0. The summed E-state index contributed by atoms with van der Waals surface area (Å²) in [7, 11) is 0. The second kappa shape index (κ2) is 9.01. The van der Waals surface area contributed by atoms with Gasteiger partial charge in [-0.15, -0.1) is 0 Å². The molecule has 80 valence electrons. The summed E-state index contributed by atoms with van der Waals surface area (Å²) in [5.74, 6) is 0.543. The van der Waals surface area contributed by atoms with E-state index in [-0.39, 0.29) is 0 Å². The van der Waals surface area contributed by atoms with Crippen LogP contribution in [0.3, 0.4) is 0 Å². The molecule has 0 saturated heterocycles. The summed E-state index contributed by atoms with van der Waals surface area (Å²) < 4.78 is 0. The van der Waals surface area contributed by atoms with Crippen molar-refractivity contribution in [2.45, 2.75) is 13.8 Å². The molecule has 0 unspecified atom stereocenters. The van der Waals surface area contributed by atoms with Gasteiger partial charge in [-0.25, -0.2) is 0 Å². The molecule has 0 fully saturated rings. The number of benzene rings is 1. The second-order valence-electron chi connectivity index (χ2n) is 3.48. The Morgan fingerprint density at radius 1 is 1.00 bits per heavy atom. The third kappa shape index (κ3) is 8.76. The highest BCUT2D eigenvalue weighted by atomic mass is 14.0. The maximum absolute atomic E-state index is 3.86. The smallest absolute Gasteiger partial charge is 0.0225 e. The fourth-order valence-corrected chi connectivity index (χ4v) is 0.769. The Morgan fingerprint density at radius 2 is 1.40 bits per heavy atom. The third-order valence-electron chi connectivity index (χ3n) is 1.85. The normalized spacial score (nSPS) is 9.53. The molecule has 1 aromatic rings. The van der Waals surface area contributed by atoms with Gasteiger partial charge in [0, 0.05) is 0 Å². The molecular formula is C15H20. The van der Waals surface area contributed by atoms with Crippen molar-refractivity contribution in [3.63, 3.8) is 0 Å². The van der Waals surface area contributed by atoms with Gasteiger partial charge in [0.2, 0.25) is 0 Å². The van der Waals surface area contributed by atoms with Crippen molar-refractivity contribution in [2.24, 2.45) is 5.92 Å². The first kappa shape index (κ1) is 13.4. The number of rotatable bonds is 3. The number of hydrogen-bond acceptors (Lipinski definition) is 0. The largest absolute Gasteiger partial charge is 0.0991 e. The van der Waals surface area contributed by atoms with E-state index in [1.807, 2.05) is 48.6 Å². The van der Waals surface area contributed by atoms with Crippen LogP contribution >= 0.6 is 0 Å². The summed E-state index contributed by atoms with van der Waals surface area (Å²) in [4.78, 5) is 0. The van der Waals surface area contributed by atoms with Gasteiger partial charge in [-0.05, 0) is 5.92 Å². The lowest BCUT2D eigenvalue weighted by atomic mass is 10.1. The first-order chi connectivity index (χ1) is 7.18. The molecule has 0 aliphatic rings. The molecule has 0 saturated carbocycles. The molecule has 0 spiro atoms. The fraction of sp³-hybridized carbons (Fsp3) is 0.200. The fourth-order valence-electron chi connectivity index (χ4n) is 0.769. The van der Waals surface area contributed by atoms with Crippen LogP contribution in [-0.4, -0.2) is 0 Å². The van der Waals surface area contributed by atoms with E-state index >= 15 is 0 Å². The van der Waals surface area contributed by atoms with E-state index in [1.165, 1.54) is 0 Å². The van der Waals surface area contributed by atoms with Gasteiger partial charge in [0.1, 0.15) is 0 Å². The van der Waals surface area contributed by atoms with Crippen LogP contribution in [-0.2, 0) is 0 Å². The van der Waals surface area contributed by atoms with E-state index in [2.05, 4.69) is 27.0 Å². The Balaban J connectivity index is 0.000000280. The Kier molecular flexibility index (Phi) is 8.08. The highest BCUT2D eigenvalue weighted by Crippen LogP contribution is 2.06. The lowest BCUT2D eigenvalue weighted by molar-refractivity contribution is 0.795. The lowest BCUT2D eigenvalue weighted by Crippen LogP contribution is -1.86. The van der Waals surface area contributed by atoms with Crippen LogP contribution in [0.4, 0.5) is 0 Å². The number of allylic oxidation sites excluding steroid dienone is 4. The van der Waals surface area contributed by atoms with Crippen LogP contribution in [0.5, 0.6) is 0 Å². The Labute approximate surface area is 93.7 Å². The maximum Gasteiger partial charge on any atom is -0.0225 e. The minimum atomic E-state index is 0.543. The highest BCUT2D eigenvalue weighted by molar-refractivity contribution is 5.19. The van der Waals surface area contributed by atoms with Gasteiger partial charge in [-0.1, -0.05) is 87.2 Å². The second-order valence-corrected chi connectivity index (χ2v) is 3.48. The Hall–Kier alpha value is -1.56. The van der Waals surface area contributed by atoms with Gasteiger partial charge in [0.05, 0.1) is 0 Å². The van der Waals surface area contributed by atoms with Crippen molar-refractivity contribution in [1.29, 1.82) is 0 Å². The van der Waals surface area contributed by atoms with Crippen LogP contribution in [0.2, 0.25) is 0 Å². The standard InChI is InChI=1S/C9H14.C6H6/c1-5-6-7-9(4)8(2)3;1-2-4-6-5-3-1/h5-8H,1,4H2,2-3H3;1-6H/b7-6-;. The summed E-state index contributed by atoms with van der Waals surface area (Å²) in [6.45, 7) is 11.7. The third-order valence-corrected chi connectivity index (χ3v) is 1.85. The van der Waals surface area contributed by atoms with Crippen LogP contribution in [0, 0.1) is 5.92 Å². The van der Waals surface area contributed by atoms with Crippen molar-refractivity contribution >= 4 is 0 Å². The van der Waals surface area contributed by atoms with E-state index in [4.69, 9.17) is 0 Å². The molecule has 0 heteroatoms. The van der Waals surface area contributed by atoms with E-state index in [1.54, 1.807) is 6.08 Å². The molecule has 0 N–H and O–H groups in total. The van der Waals surface area contributed by atoms with Crippen molar-refractivity contribution in [3.05, 3.63) is 73.4 Å². The number of hydrogen-bond donors (Lipinski definition) is 0. The van der Waals surface area contributed by atoms with Crippen molar-refractivity contribution in [1.82, 2.24) is 0 Å². The van der Waals surface area contributed by atoms with Gasteiger partial charge in [0.15, 0.2) is 0 Å². The van der Waals surface area contributed by atoms with Crippen LogP contribution in [0.1, 0.15) is 13.8 Å². The van der Waals surface area contributed by atoms with Crippen LogP contribution in [0.15, 0.2) is 73.4 Å². The van der Waals surface area contributed by atoms with Crippen LogP contribution in [0.25, 0.3) is 0 Å². The van der Waals surface area contributed by atoms with E-state index in [0.29, 0.717) is 5.92 Å². The monoisotopic (exact) mass is 200 g/mol. The molecule has 0 nitrogen and oxygen atoms in total. The molecule has 0 heterocycles. The molecule has 0 amide bonds. The van der Waals surface area contributed by atoms with E-state index < -0.39 is 0 Å². The summed E-state index contributed by atoms with van der Waals surface area (Å²) >= 11 is 0. The molecule has 0 bridgehead atoms. The Bertz CT molecular complexity index is 264. The van der Waals surface area contributed by atoms with Crippen molar-refractivity contribution in [2.75, 3.05) is 0 Å². The van der Waals surface area contributed by atoms with Crippen molar-refractivity contribution in [3.8, 4) is 0 Å². The zero-order valence-corrected chi connectivity index (χ0v) is 9.69. The van der Waals surface area contributed by atoms with Crippen molar-refractivity contribution < 1.29 is 0 Å². The molecule has 0 aliphatic heterocycles. The van der Waals surface area contributed by atoms with Gasteiger partial charge < -0.3 is 0 Å². The molecule has 0 aromatic heterocycles. The molecule has 0 atom stereocenters. The predicted molar refractivity (Wildman–Crippen MR) is 69.8 cm³/mol. The van der Waals surface area contributed by atoms with Gasteiger partial charge >= 0.3 is 0 Å². The molecule has 1 aromatic carbocycles. The van der Waals surface area contributed by atoms with Gasteiger partial charge in [-0.2, -0.15) is 0 Å². The average Bonchev–Trinajstić information content (AvgIpc) is 2.29. The lowest BCUT2D eigenvalue weighted by Gasteiger charge is -2.00. The minimum absolute atomic E-state index is 0.543. The molecule has 15 heavy (non-hydrogen) atoms. The SMILES string of the molecule is C=C/C=C\C(=C)C(C)C.c1ccccc1. The maximum atomic E-state index is 3.86. The summed E-state index contributed by atoms with van der Waals surface area (Å²) in [6.07, 6.45) is 5.65. The molecule has 1 rings (SSSR count). The molecule has 0 aliphatic carbocycles. The first-order valence-corrected chi connectivity index (χ1v) is 5.16. The van der Waals surface area contributed by atoms with Gasteiger partial charge in [-0.3, -0.25) is 0 Å². The zero-order valence-electron chi connectivity index (χ0n) is 9.69. The highest BCUT2D eigenvalue weighted by Gasteiger charge is 1.91. The molecular weight excluding hydrogens is 180 g/mol. The molecule has 0 radical (unpaired) electrons. The van der Waals surface area contributed by atoms with E-state index in [0.717, 1.165) is 5.57 Å². The topological polar surface area (TPSA) is 0 Å². The predicted octanol–water partition coefficient (Wildman–Crippen LogP) is 4.63.